The Labute approximate surface area is 213 Å². The van der Waals surface area contributed by atoms with Crippen molar-refractivity contribution >= 4 is 17.3 Å². The van der Waals surface area contributed by atoms with Crippen LogP contribution in [0.25, 0.3) is 0 Å². The molecule has 0 radical (unpaired) electrons. The van der Waals surface area contributed by atoms with Crippen LogP contribution in [0.3, 0.4) is 0 Å². The molecule has 0 unspecified atom stereocenters. The fourth-order valence-corrected chi connectivity index (χ4v) is 4.51. The summed E-state index contributed by atoms with van der Waals surface area (Å²) < 4.78 is 47.2. The second-order valence-corrected chi connectivity index (χ2v) is 9.99. The number of nitrogens with one attached hydrogen (secondary N) is 1. The molecule has 37 heavy (non-hydrogen) atoms. The molecule has 0 spiro atoms. The van der Waals surface area contributed by atoms with Crippen LogP contribution in [0.4, 0.5) is 24.5 Å². The third kappa shape index (κ3) is 6.98. The van der Waals surface area contributed by atoms with Gasteiger partial charge < -0.3 is 15.0 Å². The zero-order chi connectivity index (χ0) is 26.7. The Morgan fingerprint density at radius 3 is 2.43 bits per heavy atom. The van der Waals surface area contributed by atoms with Crippen molar-refractivity contribution in [1.82, 2.24) is 9.80 Å². The Hall–Kier alpha value is -3.18. The van der Waals surface area contributed by atoms with Crippen LogP contribution >= 0.6 is 0 Å². The van der Waals surface area contributed by atoms with Gasteiger partial charge in [0, 0.05) is 29.9 Å². The minimum absolute atomic E-state index is 0.0379. The molecule has 8 nitrogen and oxygen atoms in total. The van der Waals surface area contributed by atoms with E-state index in [1.807, 2.05) is 19.0 Å². The van der Waals surface area contributed by atoms with E-state index in [0.717, 1.165) is 37.8 Å². The normalized spacial score (nSPS) is 17.1. The summed E-state index contributed by atoms with van der Waals surface area (Å²) in [6.45, 7) is 1.94. The largest absolute Gasteiger partial charge is 0.487 e. The number of nitro benzene ring substituents is 1. The molecule has 11 heteroatoms. The molecule has 1 saturated heterocycles. The van der Waals surface area contributed by atoms with Crippen LogP contribution in [0.1, 0.15) is 47.2 Å². The number of piperidine rings is 1. The Morgan fingerprint density at radius 1 is 1.14 bits per heavy atom. The van der Waals surface area contributed by atoms with Crippen LogP contribution in [0.15, 0.2) is 36.4 Å². The third-order valence-electron chi connectivity index (χ3n) is 6.94. The molecule has 0 bridgehead atoms. The molecule has 1 aliphatic carbocycles. The molecule has 1 N–H and O–H groups in total. The Balaban J connectivity index is 1.47. The molecule has 2 aliphatic rings. The van der Waals surface area contributed by atoms with Gasteiger partial charge in [0.1, 0.15) is 0 Å². The fraction of sp³-hybridized carbons (Fsp3) is 0.500. The lowest BCUT2D eigenvalue weighted by molar-refractivity contribution is -0.385. The lowest BCUT2D eigenvalue weighted by atomic mass is 10.0. The van der Waals surface area contributed by atoms with E-state index < -0.39 is 22.6 Å². The summed E-state index contributed by atoms with van der Waals surface area (Å²) in [6.07, 6.45) is -0.792. The van der Waals surface area contributed by atoms with Crippen LogP contribution < -0.4 is 10.1 Å². The van der Waals surface area contributed by atoms with Crippen molar-refractivity contribution in [3.63, 3.8) is 0 Å². The highest BCUT2D eigenvalue weighted by Crippen LogP contribution is 2.36. The average Bonchev–Trinajstić information content (AvgIpc) is 3.68. The minimum Gasteiger partial charge on any atom is -0.487 e. The maximum Gasteiger partial charge on any atom is 0.416 e. The molecule has 2 aromatic rings. The first-order valence-electron chi connectivity index (χ1n) is 12.3. The van der Waals surface area contributed by atoms with Crippen molar-refractivity contribution in [3.8, 4) is 5.75 Å². The summed E-state index contributed by atoms with van der Waals surface area (Å²) in [5.41, 5.74) is -1.12. The maximum absolute atomic E-state index is 13.9. The zero-order valence-corrected chi connectivity index (χ0v) is 20.9. The number of likely N-dealkylation sites (tertiary alicyclic amines) is 1. The Bertz CT molecular complexity index is 1140. The van der Waals surface area contributed by atoms with E-state index in [1.165, 1.54) is 24.3 Å². The van der Waals surface area contributed by atoms with Crippen LogP contribution in [0.5, 0.6) is 5.75 Å². The number of carbonyl (C=O) groups is 1. The van der Waals surface area contributed by atoms with Gasteiger partial charge in [0.2, 0.25) is 0 Å². The van der Waals surface area contributed by atoms with Gasteiger partial charge in [0.25, 0.3) is 5.91 Å². The lowest BCUT2D eigenvalue weighted by Gasteiger charge is -2.35. The quantitative estimate of drug-likeness (QED) is 0.362. The number of amides is 1. The van der Waals surface area contributed by atoms with Crippen LogP contribution in [-0.4, -0.2) is 60.5 Å². The van der Waals surface area contributed by atoms with Gasteiger partial charge >= 0.3 is 11.9 Å². The van der Waals surface area contributed by atoms with Gasteiger partial charge in [-0.2, -0.15) is 13.2 Å². The molecule has 2 fully saturated rings. The summed E-state index contributed by atoms with van der Waals surface area (Å²) in [5.74, 6) is -0.298. The van der Waals surface area contributed by atoms with Crippen molar-refractivity contribution in [2.24, 2.45) is 5.92 Å². The molecule has 0 atom stereocenters. The summed E-state index contributed by atoms with van der Waals surface area (Å²) in [6, 6.07) is 7.94. The molecule has 1 aliphatic heterocycles. The second kappa shape index (κ2) is 11.1. The standard InChI is InChI=1S/C26H31F3N4O4/c1-31(2)21-9-11-32(12-10-21)15-19-5-7-20(14-22(19)26(27,28)29)30-25(34)18-6-8-24(23(13-18)33(35)36)37-16-17-3-4-17/h5-8,13-14,17,21H,3-4,9-12,15-16H2,1-2H3,(H,30,34). The Kier molecular flexibility index (Phi) is 8.03. The van der Waals surface area contributed by atoms with Gasteiger partial charge in [0.05, 0.1) is 17.1 Å². The smallest absolute Gasteiger partial charge is 0.416 e. The third-order valence-corrected chi connectivity index (χ3v) is 6.94. The number of rotatable bonds is 9. The average molecular weight is 521 g/mol. The maximum atomic E-state index is 13.9. The SMILES string of the molecule is CN(C)C1CCN(Cc2ccc(NC(=O)c3ccc(OCC4CC4)c([N+](=O)[O-])c3)cc2C(F)(F)F)CC1. The number of nitrogens with zero attached hydrogens (tertiary/aromatic N) is 3. The van der Waals surface area contributed by atoms with E-state index in [-0.39, 0.29) is 34.8 Å². The second-order valence-electron chi connectivity index (χ2n) is 9.99. The molecule has 1 heterocycles. The van der Waals surface area contributed by atoms with Gasteiger partial charge in [-0.25, -0.2) is 0 Å². The van der Waals surface area contributed by atoms with Crippen LogP contribution in [0, 0.1) is 16.0 Å². The highest BCUT2D eigenvalue weighted by molar-refractivity contribution is 6.04. The molecule has 4 rings (SSSR count). The number of hydrogen-bond acceptors (Lipinski definition) is 6. The first-order chi connectivity index (χ1) is 17.5. The van der Waals surface area contributed by atoms with Gasteiger partial charge in [-0.15, -0.1) is 0 Å². The van der Waals surface area contributed by atoms with Gasteiger partial charge in [-0.3, -0.25) is 19.8 Å². The lowest BCUT2D eigenvalue weighted by Crippen LogP contribution is -2.41. The van der Waals surface area contributed by atoms with E-state index in [9.17, 15) is 28.1 Å². The molecule has 0 aromatic heterocycles. The van der Waals surface area contributed by atoms with Crippen LogP contribution in [0.2, 0.25) is 0 Å². The monoisotopic (exact) mass is 520 g/mol. The predicted molar refractivity (Wildman–Crippen MR) is 133 cm³/mol. The van der Waals surface area contributed by atoms with Gasteiger partial charge in [0.15, 0.2) is 5.75 Å². The van der Waals surface area contributed by atoms with E-state index in [2.05, 4.69) is 10.2 Å². The fourth-order valence-electron chi connectivity index (χ4n) is 4.51. The van der Waals surface area contributed by atoms with Crippen molar-refractivity contribution < 1.29 is 27.6 Å². The number of hydrogen-bond donors (Lipinski definition) is 1. The van der Waals surface area contributed by atoms with Gasteiger partial charge in [-0.1, -0.05) is 6.07 Å². The molecule has 2 aromatic carbocycles. The Morgan fingerprint density at radius 2 is 1.84 bits per heavy atom. The highest BCUT2D eigenvalue weighted by atomic mass is 19.4. The summed E-state index contributed by atoms with van der Waals surface area (Å²) in [5, 5.41) is 13.9. The summed E-state index contributed by atoms with van der Waals surface area (Å²) in [7, 11) is 4.01. The number of carbonyl (C=O) groups excluding carboxylic acids is 1. The number of ether oxygens (including phenoxy) is 1. The van der Waals surface area contributed by atoms with Crippen molar-refractivity contribution in [2.75, 3.05) is 39.1 Å². The summed E-state index contributed by atoms with van der Waals surface area (Å²) in [4.78, 5) is 27.7. The predicted octanol–water partition coefficient (Wildman–Crippen LogP) is 5.18. The first-order valence-corrected chi connectivity index (χ1v) is 12.3. The van der Waals surface area contributed by atoms with Crippen molar-refractivity contribution in [2.45, 2.75) is 44.4 Å². The van der Waals surface area contributed by atoms with E-state index in [0.29, 0.717) is 31.7 Å². The highest BCUT2D eigenvalue weighted by Gasteiger charge is 2.34. The number of nitro groups is 1. The number of halogens is 3. The summed E-state index contributed by atoms with van der Waals surface area (Å²) >= 11 is 0. The number of alkyl halides is 3. The van der Waals surface area contributed by atoms with Gasteiger partial charge in [-0.05, 0) is 88.6 Å². The van der Waals surface area contributed by atoms with Crippen molar-refractivity contribution in [3.05, 3.63) is 63.2 Å². The zero-order valence-electron chi connectivity index (χ0n) is 20.9. The molecular formula is C26H31F3N4O4. The van der Waals surface area contributed by atoms with E-state index >= 15 is 0 Å². The molecule has 200 valence electrons. The minimum atomic E-state index is -4.60. The van der Waals surface area contributed by atoms with E-state index in [4.69, 9.17) is 4.74 Å². The van der Waals surface area contributed by atoms with Crippen LogP contribution in [-0.2, 0) is 12.7 Å². The molecule has 1 amide bonds. The molecular weight excluding hydrogens is 489 g/mol. The first kappa shape index (κ1) is 26.9. The number of anilines is 1. The van der Waals surface area contributed by atoms with E-state index in [1.54, 1.807) is 0 Å². The number of benzene rings is 2. The molecule has 1 saturated carbocycles. The van der Waals surface area contributed by atoms with Crippen molar-refractivity contribution in [1.29, 1.82) is 0 Å². The topological polar surface area (TPSA) is 88.0 Å².